The molecule has 0 bridgehead atoms. The Kier molecular flexibility index (Phi) is 4.55. The maximum absolute atomic E-state index is 12.5. The first-order valence-corrected chi connectivity index (χ1v) is 8.32. The number of likely N-dealkylation sites (tertiary alicyclic amines) is 1. The molecule has 1 aliphatic heterocycles. The number of benzene rings is 1. The highest BCUT2D eigenvalue weighted by atomic mass is 16.6. The van der Waals surface area contributed by atoms with Crippen molar-refractivity contribution in [1.82, 2.24) is 4.90 Å². The molecule has 1 aromatic carbocycles. The Labute approximate surface area is 136 Å². The number of ether oxygens (including phenoxy) is 1. The third-order valence-corrected chi connectivity index (χ3v) is 5.29. The van der Waals surface area contributed by atoms with Crippen LogP contribution in [-0.2, 0) is 16.1 Å². The van der Waals surface area contributed by atoms with Gasteiger partial charge < -0.3 is 14.7 Å². The maximum Gasteiger partial charge on any atom is 0.410 e. The minimum atomic E-state index is -0.712. The van der Waals surface area contributed by atoms with Crippen molar-refractivity contribution in [3.05, 3.63) is 35.9 Å². The molecular weight excluding hydrogens is 294 g/mol. The van der Waals surface area contributed by atoms with Crippen LogP contribution in [0.1, 0.15) is 44.1 Å². The zero-order valence-electron chi connectivity index (χ0n) is 13.2. The topological polar surface area (TPSA) is 66.8 Å². The average molecular weight is 317 g/mol. The van der Waals surface area contributed by atoms with Crippen molar-refractivity contribution in [3.8, 4) is 0 Å². The van der Waals surface area contributed by atoms with Gasteiger partial charge in [-0.3, -0.25) is 4.79 Å². The van der Waals surface area contributed by atoms with Gasteiger partial charge in [-0.1, -0.05) is 30.3 Å². The van der Waals surface area contributed by atoms with Gasteiger partial charge in [0, 0.05) is 12.1 Å². The molecule has 1 spiro atoms. The van der Waals surface area contributed by atoms with E-state index in [9.17, 15) is 9.59 Å². The molecule has 1 aromatic rings. The van der Waals surface area contributed by atoms with E-state index in [-0.39, 0.29) is 24.2 Å². The van der Waals surface area contributed by atoms with Crippen molar-refractivity contribution in [3.63, 3.8) is 0 Å². The number of rotatable bonds is 3. The summed E-state index contributed by atoms with van der Waals surface area (Å²) in [5, 5.41) is 9.15. The lowest BCUT2D eigenvalue weighted by Gasteiger charge is -2.42. The number of carboxylic acid groups (broad SMARTS) is 1. The van der Waals surface area contributed by atoms with E-state index in [1.807, 2.05) is 35.2 Å². The summed E-state index contributed by atoms with van der Waals surface area (Å²) < 4.78 is 5.48. The highest BCUT2D eigenvalue weighted by Crippen LogP contribution is 2.43. The summed E-state index contributed by atoms with van der Waals surface area (Å²) in [7, 11) is 0. The second kappa shape index (κ2) is 6.60. The van der Waals surface area contributed by atoms with Crippen LogP contribution in [0.5, 0.6) is 0 Å². The number of hydrogen-bond donors (Lipinski definition) is 1. The van der Waals surface area contributed by atoms with Crippen molar-refractivity contribution >= 4 is 12.1 Å². The van der Waals surface area contributed by atoms with Crippen LogP contribution in [0.25, 0.3) is 0 Å². The van der Waals surface area contributed by atoms with Crippen LogP contribution in [0.15, 0.2) is 30.3 Å². The Balaban J connectivity index is 1.60. The largest absolute Gasteiger partial charge is 0.481 e. The number of hydrogen-bond acceptors (Lipinski definition) is 3. The molecule has 1 aliphatic carbocycles. The number of carboxylic acids is 1. The molecule has 1 N–H and O–H groups in total. The summed E-state index contributed by atoms with van der Waals surface area (Å²) in [4.78, 5) is 25.5. The summed E-state index contributed by atoms with van der Waals surface area (Å²) in [6.45, 7) is 0.995. The minimum Gasteiger partial charge on any atom is -0.481 e. The number of carbonyl (C=O) groups is 2. The summed E-state index contributed by atoms with van der Waals surface area (Å²) >= 11 is 0. The van der Waals surface area contributed by atoms with Gasteiger partial charge in [-0.25, -0.2) is 4.79 Å². The quantitative estimate of drug-likeness (QED) is 0.927. The normalized spacial score (nSPS) is 27.1. The fourth-order valence-electron chi connectivity index (χ4n) is 3.94. The first kappa shape index (κ1) is 15.8. The molecule has 0 aromatic heterocycles. The van der Waals surface area contributed by atoms with Crippen LogP contribution in [0.2, 0.25) is 0 Å². The lowest BCUT2D eigenvalue weighted by molar-refractivity contribution is -0.143. The third kappa shape index (κ3) is 3.33. The highest BCUT2D eigenvalue weighted by Gasteiger charge is 2.47. The fraction of sp³-hybridized carbons (Fsp3) is 0.556. The second-order valence-electron chi connectivity index (χ2n) is 6.63. The van der Waals surface area contributed by atoms with Gasteiger partial charge in [-0.05, 0) is 44.1 Å². The molecule has 23 heavy (non-hydrogen) atoms. The molecule has 0 atom stereocenters. The van der Waals surface area contributed by atoms with E-state index < -0.39 is 5.97 Å². The Morgan fingerprint density at radius 1 is 1.17 bits per heavy atom. The molecule has 1 heterocycles. The SMILES string of the molecule is O=C(O)C1CCC2(CCCN2C(=O)OCc2ccccc2)CC1. The van der Waals surface area contributed by atoms with E-state index in [2.05, 4.69) is 0 Å². The van der Waals surface area contributed by atoms with Crippen LogP contribution >= 0.6 is 0 Å². The Morgan fingerprint density at radius 3 is 2.52 bits per heavy atom. The summed E-state index contributed by atoms with van der Waals surface area (Å²) in [6, 6.07) is 9.65. The predicted octanol–water partition coefficient (Wildman–Crippen LogP) is 3.43. The molecule has 5 nitrogen and oxygen atoms in total. The molecule has 0 unspecified atom stereocenters. The molecule has 1 saturated heterocycles. The first-order valence-electron chi connectivity index (χ1n) is 8.32. The van der Waals surface area contributed by atoms with Crippen LogP contribution in [0.3, 0.4) is 0 Å². The standard InChI is InChI=1S/C18H23NO4/c20-16(21)15-7-10-18(11-8-15)9-4-12-19(18)17(22)23-13-14-5-2-1-3-6-14/h1-3,5-6,15H,4,7-13H2,(H,20,21). The second-order valence-corrected chi connectivity index (χ2v) is 6.63. The first-order chi connectivity index (χ1) is 11.1. The van der Waals surface area contributed by atoms with Crippen LogP contribution < -0.4 is 0 Å². The molecular formula is C18H23NO4. The fourth-order valence-corrected chi connectivity index (χ4v) is 3.94. The number of amides is 1. The summed E-state index contributed by atoms with van der Waals surface area (Å²) in [5.74, 6) is -0.973. The van der Waals surface area contributed by atoms with Gasteiger partial charge in [0.05, 0.1) is 5.92 Å². The summed E-state index contributed by atoms with van der Waals surface area (Å²) in [5.41, 5.74) is 0.795. The van der Waals surface area contributed by atoms with E-state index in [4.69, 9.17) is 9.84 Å². The molecule has 1 amide bonds. The monoisotopic (exact) mass is 317 g/mol. The third-order valence-electron chi connectivity index (χ3n) is 5.29. The minimum absolute atomic E-state index is 0.181. The zero-order chi connectivity index (χ0) is 16.3. The molecule has 0 radical (unpaired) electrons. The van der Waals surface area contributed by atoms with Gasteiger partial charge >= 0.3 is 12.1 Å². The van der Waals surface area contributed by atoms with Crippen molar-refractivity contribution in [1.29, 1.82) is 0 Å². The van der Waals surface area contributed by atoms with Crippen LogP contribution in [0.4, 0.5) is 4.79 Å². The molecule has 1 saturated carbocycles. The van der Waals surface area contributed by atoms with Gasteiger partial charge in [0.15, 0.2) is 0 Å². The lowest BCUT2D eigenvalue weighted by Crippen LogP contribution is -2.50. The smallest absolute Gasteiger partial charge is 0.410 e. The van der Waals surface area contributed by atoms with E-state index in [1.165, 1.54) is 0 Å². The number of carbonyl (C=O) groups excluding carboxylic acids is 1. The van der Waals surface area contributed by atoms with E-state index in [0.717, 1.165) is 31.2 Å². The van der Waals surface area contributed by atoms with Gasteiger partial charge in [-0.2, -0.15) is 0 Å². The van der Waals surface area contributed by atoms with Gasteiger partial charge in [-0.15, -0.1) is 0 Å². The Bertz CT molecular complexity index is 564. The number of aliphatic carboxylic acids is 1. The molecule has 2 aliphatic rings. The molecule has 124 valence electrons. The van der Waals surface area contributed by atoms with E-state index in [1.54, 1.807) is 0 Å². The molecule has 5 heteroatoms. The van der Waals surface area contributed by atoms with Gasteiger partial charge in [0.25, 0.3) is 0 Å². The van der Waals surface area contributed by atoms with E-state index in [0.29, 0.717) is 19.4 Å². The molecule has 2 fully saturated rings. The van der Waals surface area contributed by atoms with Crippen LogP contribution in [-0.4, -0.2) is 34.2 Å². The van der Waals surface area contributed by atoms with E-state index >= 15 is 0 Å². The highest BCUT2D eigenvalue weighted by molar-refractivity contribution is 5.71. The van der Waals surface area contributed by atoms with Crippen LogP contribution in [0, 0.1) is 5.92 Å². The van der Waals surface area contributed by atoms with Gasteiger partial charge in [0.2, 0.25) is 0 Å². The molecule has 3 rings (SSSR count). The van der Waals surface area contributed by atoms with Crippen molar-refractivity contribution in [2.45, 2.75) is 50.7 Å². The maximum atomic E-state index is 12.5. The van der Waals surface area contributed by atoms with Crippen molar-refractivity contribution in [2.24, 2.45) is 5.92 Å². The van der Waals surface area contributed by atoms with Crippen molar-refractivity contribution < 1.29 is 19.4 Å². The predicted molar refractivity (Wildman–Crippen MR) is 84.9 cm³/mol. The van der Waals surface area contributed by atoms with Gasteiger partial charge in [0.1, 0.15) is 6.61 Å². The zero-order valence-corrected chi connectivity index (χ0v) is 13.2. The summed E-state index contributed by atoms with van der Waals surface area (Å²) in [6.07, 6.45) is 4.50. The van der Waals surface area contributed by atoms with Crippen molar-refractivity contribution in [2.75, 3.05) is 6.54 Å². The Morgan fingerprint density at radius 2 is 1.87 bits per heavy atom. The number of nitrogens with zero attached hydrogens (tertiary/aromatic N) is 1. The lowest BCUT2D eigenvalue weighted by atomic mass is 9.75. The Hall–Kier alpha value is -2.04. The average Bonchev–Trinajstić information content (AvgIpc) is 2.97.